The zero-order chi connectivity index (χ0) is 23.1. The minimum Gasteiger partial charge on any atom is -0.493 e. The first-order valence-corrected chi connectivity index (χ1v) is 10.5. The number of benzene rings is 2. The molecule has 2 rings (SSSR count). The highest BCUT2D eigenvalue weighted by Gasteiger charge is 2.21. The lowest BCUT2D eigenvalue weighted by atomic mass is 10.1. The Balaban J connectivity index is 2.01. The summed E-state index contributed by atoms with van der Waals surface area (Å²) in [6.07, 6.45) is -0.999. The summed E-state index contributed by atoms with van der Waals surface area (Å²) in [5, 5.41) is 2.76. The van der Waals surface area contributed by atoms with Crippen molar-refractivity contribution < 1.29 is 28.6 Å². The van der Waals surface area contributed by atoms with E-state index in [1.165, 1.54) is 21.1 Å². The fraction of sp³-hybridized carbons (Fsp3) is 0.348. The van der Waals surface area contributed by atoms with Gasteiger partial charge < -0.3 is 19.5 Å². The van der Waals surface area contributed by atoms with Crippen molar-refractivity contribution in [2.75, 3.05) is 19.5 Å². The highest BCUT2D eigenvalue weighted by molar-refractivity contribution is 9.10. The fourth-order valence-corrected chi connectivity index (χ4v) is 3.18. The fourth-order valence-electron chi connectivity index (χ4n) is 2.72. The van der Waals surface area contributed by atoms with Crippen LogP contribution < -0.4 is 14.8 Å². The molecule has 7 nitrogen and oxygen atoms in total. The highest BCUT2D eigenvalue weighted by Crippen LogP contribution is 2.33. The number of methoxy groups -OCH3 is 2. The van der Waals surface area contributed by atoms with Gasteiger partial charge in [0.05, 0.1) is 20.6 Å². The van der Waals surface area contributed by atoms with Gasteiger partial charge in [0.25, 0.3) is 0 Å². The van der Waals surface area contributed by atoms with E-state index >= 15 is 0 Å². The molecule has 0 aliphatic heterocycles. The van der Waals surface area contributed by atoms with E-state index in [-0.39, 0.29) is 24.0 Å². The molecule has 1 amide bonds. The smallest absolute Gasteiger partial charge is 0.311 e. The van der Waals surface area contributed by atoms with E-state index in [9.17, 15) is 14.4 Å². The molecule has 0 fully saturated rings. The van der Waals surface area contributed by atoms with Crippen LogP contribution in [0.25, 0.3) is 0 Å². The van der Waals surface area contributed by atoms with Gasteiger partial charge in [0, 0.05) is 21.6 Å². The molecule has 0 radical (unpaired) electrons. The third kappa shape index (κ3) is 6.55. The van der Waals surface area contributed by atoms with Gasteiger partial charge in [-0.05, 0) is 48.9 Å². The number of halogens is 1. The molecule has 0 saturated carbocycles. The van der Waals surface area contributed by atoms with Gasteiger partial charge in [-0.2, -0.15) is 0 Å². The van der Waals surface area contributed by atoms with Crippen molar-refractivity contribution in [3.63, 3.8) is 0 Å². The monoisotopic (exact) mass is 491 g/mol. The number of nitrogens with one attached hydrogen (secondary N) is 1. The van der Waals surface area contributed by atoms with Crippen molar-refractivity contribution in [3.8, 4) is 11.5 Å². The second-order valence-electron chi connectivity index (χ2n) is 7.19. The summed E-state index contributed by atoms with van der Waals surface area (Å²) in [6, 6.07) is 9.85. The minimum absolute atomic E-state index is 0.0429. The van der Waals surface area contributed by atoms with Crippen LogP contribution in [-0.4, -0.2) is 38.0 Å². The summed E-state index contributed by atoms with van der Waals surface area (Å²) in [5.41, 5.74) is 1.63. The van der Waals surface area contributed by atoms with Crippen LogP contribution >= 0.6 is 15.9 Å². The van der Waals surface area contributed by atoms with Crippen molar-refractivity contribution in [1.29, 1.82) is 0 Å². The van der Waals surface area contributed by atoms with E-state index < -0.39 is 12.1 Å². The first-order valence-electron chi connectivity index (χ1n) is 9.71. The third-order valence-corrected chi connectivity index (χ3v) is 5.26. The van der Waals surface area contributed by atoms with E-state index in [0.717, 1.165) is 0 Å². The predicted molar refractivity (Wildman–Crippen MR) is 121 cm³/mol. The largest absolute Gasteiger partial charge is 0.493 e. The van der Waals surface area contributed by atoms with Gasteiger partial charge in [-0.15, -0.1) is 0 Å². The van der Waals surface area contributed by atoms with Crippen molar-refractivity contribution in [1.82, 2.24) is 0 Å². The van der Waals surface area contributed by atoms with Crippen LogP contribution in [0.5, 0.6) is 11.5 Å². The zero-order valence-corrected chi connectivity index (χ0v) is 19.7. The molecule has 166 valence electrons. The molecule has 31 heavy (non-hydrogen) atoms. The standard InChI is InChI=1S/C23H26BrNO6/c1-13(2)23(28)25-17-8-6-15(7-9-17)22(27)14(3)31-21(26)11-16-10-19(29-4)20(30-5)12-18(16)24/h6-10,12-14H,11H2,1-5H3,(H,25,28). The van der Waals surface area contributed by atoms with Crippen molar-refractivity contribution in [3.05, 3.63) is 52.0 Å². The molecule has 1 N–H and O–H groups in total. The average Bonchev–Trinajstić information content (AvgIpc) is 2.74. The third-order valence-electron chi connectivity index (χ3n) is 4.53. The molecule has 2 aromatic carbocycles. The van der Waals surface area contributed by atoms with Crippen LogP contribution in [0, 0.1) is 5.92 Å². The van der Waals surface area contributed by atoms with Gasteiger partial charge in [0.15, 0.2) is 17.6 Å². The van der Waals surface area contributed by atoms with Crippen molar-refractivity contribution in [2.24, 2.45) is 5.92 Å². The number of Topliss-reactive ketones (excluding diaryl/α,β-unsaturated/α-hetero) is 1. The quantitative estimate of drug-likeness (QED) is 0.412. The Morgan fingerprint density at radius 2 is 1.55 bits per heavy atom. The van der Waals surface area contributed by atoms with Crippen LogP contribution in [0.15, 0.2) is 40.9 Å². The molecule has 0 aliphatic rings. The van der Waals surface area contributed by atoms with Crippen LogP contribution in [0.4, 0.5) is 5.69 Å². The molecule has 0 aliphatic carbocycles. The number of carbonyl (C=O) groups is 3. The number of esters is 1. The lowest BCUT2D eigenvalue weighted by molar-refractivity contribution is -0.145. The molecule has 8 heteroatoms. The summed E-state index contributed by atoms with van der Waals surface area (Å²) in [4.78, 5) is 36.8. The second kappa shape index (κ2) is 10.9. The number of ether oxygens (including phenoxy) is 3. The average molecular weight is 492 g/mol. The Hall–Kier alpha value is -2.87. The number of ketones is 1. The summed E-state index contributed by atoms with van der Waals surface area (Å²) in [7, 11) is 3.03. The summed E-state index contributed by atoms with van der Waals surface area (Å²) >= 11 is 3.40. The maximum atomic E-state index is 12.6. The summed E-state index contributed by atoms with van der Waals surface area (Å²) < 4.78 is 16.5. The van der Waals surface area contributed by atoms with Gasteiger partial charge >= 0.3 is 5.97 Å². The van der Waals surface area contributed by atoms with Crippen LogP contribution in [0.1, 0.15) is 36.7 Å². The minimum atomic E-state index is -0.956. The van der Waals surface area contributed by atoms with Gasteiger partial charge in [0.2, 0.25) is 11.7 Å². The molecule has 1 unspecified atom stereocenters. The Morgan fingerprint density at radius 1 is 0.968 bits per heavy atom. The lowest BCUT2D eigenvalue weighted by Crippen LogP contribution is -2.25. The molecular weight excluding hydrogens is 466 g/mol. The molecule has 0 heterocycles. The SMILES string of the molecule is COc1cc(Br)c(CC(=O)OC(C)C(=O)c2ccc(NC(=O)C(C)C)cc2)cc1OC. The Bertz CT molecular complexity index is 955. The van der Waals surface area contributed by atoms with E-state index in [0.29, 0.717) is 32.8 Å². The van der Waals surface area contributed by atoms with E-state index in [1.807, 2.05) is 0 Å². The molecular formula is C23H26BrNO6. The maximum absolute atomic E-state index is 12.6. The van der Waals surface area contributed by atoms with E-state index in [1.54, 1.807) is 50.2 Å². The van der Waals surface area contributed by atoms with Gasteiger partial charge in [0.1, 0.15) is 0 Å². The Morgan fingerprint density at radius 3 is 2.10 bits per heavy atom. The molecule has 0 spiro atoms. The van der Waals surface area contributed by atoms with Crippen LogP contribution in [-0.2, 0) is 20.7 Å². The summed E-state index contributed by atoms with van der Waals surface area (Å²) in [5.74, 6) is -0.115. The first kappa shape index (κ1) is 24.4. The van der Waals surface area contributed by atoms with Gasteiger partial charge in [-0.25, -0.2) is 0 Å². The topological polar surface area (TPSA) is 90.9 Å². The first-order chi connectivity index (χ1) is 14.7. The molecule has 0 saturated heterocycles. The molecule has 2 aromatic rings. The normalized spacial score (nSPS) is 11.6. The van der Waals surface area contributed by atoms with Gasteiger partial charge in [-0.1, -0.05) is 29.8 Å². The number of carbonyl (C=O) groups excluding carboxylic acids is 3. The lowest BCUT2D eigenvalue weighted by Gasteiger charge is -2.15. The highest BCUT2D eigenvalue weighted by atomic mass is 79.9. The van der Waals surface area contributed by atoms with E-state index in [4.69, 9.17) is 14.2 Å². The van der Waals surface area contributed by atoms with Crippen molar-refractivity contribution in [2.45, 2.75) is 33.3 Å². The molecule has 0 aromatic heterocycles. The number of hydrogen-bond acceptors (Lipinski definition) is 6. The Labute approximate surface area is 190 Å². The van der Waals surface area contributed by atoms with Crippen molar-refractivity contribution >= 4 is 39.3 Å². The second-order valence-corrected chi connectivity index (χ2v) is 8.05. The van der Waals surface area contributed by atoms with Gasteiger partial charge in [-0.3, -0.25) is 14.4 Å². The molecule has 0 bridgehead atoms. The predicted octanol–water partition coefficient (Wildman–Crippen LogP) is 4.42. The zero-order valence-electron chi connectivity index (χ0n) is 18.2. The van der Waals surface area contributed by atoms with E-state index in [2.05, 4.69) is 21.2 Å². The summed E-state index contributed by atoms with van der Waals surface area (Å²) in [6.45, 7) is 5.12. The Kier molecular flexibility index (Phi) is 8.62. The van der Waals surface area contributed by atoms with Crippen LogP contribution in [0.2, 0.25) is 0 Å². The molecule has 1 atom stereocenters. The number of amides is 1. The van der Waals surface area contributed by atoms with Crippen LogP contribution in [0.3, 0.4) is 0 Å². The maximum Gasteiger partial charge on any atom is 0.311 e. The number of anilines is 1. The number of rotatable bonds is 9. The number of hydrogen-bond donors (Lipinski definition) is 1.